The lowest BCUT2D eigenvalue weighted by atomic mass is 10.2. The lowest BCUT2D eigenvalue weighted by molar-refractivity contribution is -0.123. The first-order valence-corrected chi connectivity index (χ1v) is 10.5. The van der Waals surface area contributed by atoms with Gasteiger partial charge in [-0.05, 0) is 38.0 Å². The molecular formula is C22H25N3O2S. The van der Waals surface area contributed by atoms with E-state index in [2.05, 4.69) is 27.0 Å². The zero-order valence-electron chi connectivity index (χ0n) is 16.2. The Labute approximate surface area is 169 Å². The van der Waals surface area contributed by atoms with Gasteiger partial charge in [-0.25, -0.2) is 4.98 Å². The molecule has 1 aromatic carbocycles. The smallest absolute Gasteiger partial charge is 0.224 e. The fourth-order valence-electron chi connectivity index (χ4n) is 3.51. The van der Waals surface area contributed by atoms with Gasteiger partial charge in [0, 0.05) is 35.7 Å². The van der Waals surface area contributed by atoms with Crippen molar-refractivity contribution in [2.75, 3.05) is 6.61 Å². The third-order valence-electron chi connectivity index (χ3n) is 5.08. The summed E-state index contributed by atoms with van der Waals surface area (Å²) in [4.78, 5) is 18.4. The number of hydrogen-bond donors (Lipinski definition) is 1. The maximum absolute atomic E-state index is 12.7. The van der Waals surface area contributed by atoms with Crippen LogP contribution in [0.25, 0.3) is 0 Å². The minimum Gasteiger partial charge on any atom is -0.484 e. The molecule has 1 aliphatic rings. The highest BCUT2D eigenvalue weighted by Crippen LogP contribution is 2.47. The molecule has 3 atom stereocenters. The van der Waals surface area contributed by atoms with E-state index < -0.39 is 0 Å². The molecule has 1 N–H and O–H groups in total. The lowest BCUT2D eigenvalue weighted by Crippen LogP contribution is -2.28. The molecule has 5 nitrogen and oxygen atoms in total. The van der Waals surface area contributed by atoms with Crippen molar-refractivity contribution in [1.82, 2.24) is 14.9 Å². The Hall–Kier alpha value is -2.60. The summed E-state index contributed by atoms with van der Waals surface area (Å²) in [5, 5.41) is 4.05. The standard InChI is InChI=1S/C22H25N3O2S/c1-3-27-20-10-9-19(28-20)15(2)24-22(26)18-13-17(18)21-23-11-12-25(21)14-16-7-5-4-6-8-16/h4-12,15,17-18H,3,13-14H2,1-2H3,(H,24,26)/t15-,17?,18?/m1/s1. The van der Waals surface area contributed by atoms with Crippen molar-refractivity contribution in [2.45, 2.75) is 38.8 Å². The van der Waals surface area contributed by atoms with E-state index in [0.717, 1.165) is 28.7 Å². The molecule has 1 amide bonds. The van der Waals surface area contributed by atoms with E-state index in [1.807, 2.05) is 56.6 Å². The van der Waals surface area contributed by atoms with E-state index in [4.69, 9.17) is 4.74 Å². The van der Waals surface area contributed by atoms with Crippen LogP contribution >= 0.6 is 11.3 Å². The monoisotopic (exact) mass is 395 g/mol. The Morgan fingerprint density at radius 1 is 1.32 bits per heavy atom. The van der Waals surface area contributed by atoms with Crippen molar-refractivity contribution in [3.05, 3.63) is 71.1 Å². The molecule has 4 rings (SSSR count). The summed E-state index contributed by atoms with van der Waals surface area (Å²) < 4.78 is 7.68. The number of rotatable bonds is 8. The molecular weight excluding hydrogens is 370 g/mol. The molecule has 0 bridgehead atoms. The van der Waals surface area contributed by atoms with Crippen LogP contribution in [-0.4, -0.2) is 22.1 Å². The number of amides is 1. The van der Waals surface area contributed by atoms with Gasteiger partial charge in [0.2, 0.25) is 5.91 Å². The molecule has 0 spiro atoms. The number of ether oxygens (including phenoxy) is 1. The largest absolute Gasteiger partial charge is 0.484 e. The Kier molecular flexibility index (Phi) is 5.48. The van der Waals surface area contributed by atoms with Gasteiger partial charge in [0.1, 0.15) is 5.82 Å². The van der Waals surface area contributed by atoms with Crippen LogP contribution in [0.2, 0.25) is 0 Å². The van der Waals surface area contributed by atoms with Crippen molar-refractivity contribution >= 4 is 17.2 Å². The van der Waals surface area contributed by atoms with Gasteiger partial charge in [-0.15, -0.1) is 11.3 Å². The van der Waals surface area contributed by atoms with Crippen LogP contribution < -0.4 is 10.1 Å². The SMILES string of the molecule is CCOc1ccc([C@@H](C)NC(=O)C2CC2c2nccn2Cc2ccccc2)s1. The van der Waals surface area contributed by atoms with E-state index in [9.17, 15) is 4.79 Å². The highest BCUT2D eigenvalue weighted by molar-refractivity contribution is 7.13. The molecule has 2 aromatic heterocycles. The first-order chi connectivity index (χ1) is 13.7. The molecule has 3 aromatic rings. The Morgan fingerprint density at radius 2 is 2.14 bits per heavy atom. The molecule has 1 saturated carbocycles. The molecule has 0 radical (unpaired) electrons. The number of benzene rings is 1. The number of nitrogens with one attached hydrogen (secondary N) is 1. The molecule has 1 aliphatic carbocycles. The summed E-state index contributed by atoms with van der Waals surface area (Å²) >= 11 is 1.59. The van der Waals surface area contributed by atoms with Gasteiger partial charge in [-0.1, -0.05) is 30.3 Å². The van der Waals surface area contributed by atoms with Gasteiger partial charge in [0.15, 0.2) is 5.06 Å². The van der Waals surface area contributed by atoms with Crippen LogP contribution in [0.1, 0.15) is 48.5 Å². The van der Waals surface area contributed by atoms with Crippen LogP contribution in [0, 0.1) is 5.92 Å². The van der Waals surface area contributed by atoms with Crippen LogP contribution in [0.3, 0.4) is 0 Å². The Bertz CT molecular complexity index is 934. The molecule has 1 fully saturated rings. The van der Waals surface area contributed by atoms with Gasteiger partial charge in [-0.2, -0.15) is 0 Å². The second-order valence-corrected chi connectivity index (χ2v) is 8.25. The van der Waals surface area contributed by atoms with E-state index in [-0.39, 0.29) is 23.8 Å². The molecule has 2 heterocycles. The third kappa shape index (κ3) is 4.12. The second kappa shape index (κ2) is 8.19. The number of nitrogens with zero attached hydrogens (tertiary/aromatic N) is 2. The van der Waals surface area contributed by atoms with Crippen LogP contribution in [-0.2, 0) is 11.3 Å². The highest BCUT2D eigenvalue weighted by Gasteiger charge is 2.46. The normalized spacial score (nSPS) is 19.2. The fourth-order valence-corrected chi connectivity index (χ4v) is 4.43. The minimum atomic E-state index is -0.0166. The summed E-state index contributed by atoms with van der Waals surface area (Å²) in [7, 11) is 0. The molecule has 0 aliphatic heterocycles. The molecule has 2 unspecified atom stereocenters. The van der Waals surface area contributed by atoms with Gasteiger partial charge >= 0.3 is 0 Å². The Balaban J connectivity index is 1.36. The Morgan fingerprint density at radius 3 is 2.93 bits per heavy atom. The topological polar surface area (TPSA) is 56.1 Å². The van der Waals surface area contributed by atoms with Gasteiger partial charge < -0.3 is 14.6 Å². The van der Waals surface area contributed by atoms with Gasteiger partial charge in [-0.3, -0.25) is 4.79 Å². The van der Waals surface area contributed by atoms with Crippen molar-refractivity contribution in [3.63, 3.8) is 0 Å². The summed E-state index contributed by atoms with van der Waals surface area (Å²) in [5.74, 6) is 1.32. The van der Waals surface area contributed by atoms with E-state index in [1.165, 1.54) is 5.56 Å². The lowest BCUT2D eigenvalue weighted by Gasteiger charge is -2.12. The van der Waals surface area contributed by atoms with Gasteiger partial charge in [0.25, 0.3) is 0 Å². The predicted octanol–water partition coefficient (Wildman–Crippen LogP) is 4.37. The maximum atomic E-state index is 12.7. The average molecular weight is 396 g/mol. The van der Waals surface area contributed by atoms with Crippen LogP contribution in [0.5, 0.6) is 5.06 Å². The fraction of sp³-hybridized carbons (Fsp3) is 0.364. The van der Waals surface area contributed by atoms with Crippen molar-refractivity contribution < 1.29 is 9.53 Å². The molecule has 0 saturated heterocycles. The number of hydrogen-bond acceptors (Lipinski definition) is 4. The number of carbonyl (C=O) groups excluding carboxylic acids is 1. The van der Waals surface area contributed by atoms with E-state index in [0.29, 0.717) is 6.61 Å². The first kappa shape index (κ1) is 18.7. The van der Waals surface area contributed by atoms with Gasteiger partial charge in [0.05, 0.1) is 12.6 Å². The predicted molar refractivity (Wildman–Crippen MR) is 111 cm³/mol. The van der Waals surface area contributed by atoms with Crippen molar-refractivity contribution in [1.29, 1.82) is 0 Å². The molecule has 28 heavy (non-hydrogen) atoms. The van der Waals surface area contributed by atoms with Crippen molar-refractivity contribution in [2.24, 2.45) is 5.92 Å². The summed E-state index contributed by atoms with van der Waals surface area (Å²) in [6.45, 7) is 5.43. The van der Waals surface area contributed by atoms with Crippen molar-refractivity contribution in [3.8, 4) is 5.06 Å². The summed E-state index contributed by atoms with van der Waals surface area (Å²) in [5.41, 5.74) is 1.24. The zero-order chi connectivity index (χ0) is 19.5. The third-order valence-corrected chi connectivity index (χ3v) is 6.26. The second-order valence-electron chi connectivity index (χ2n) is 7.17. The average Bonchev–Trinajstić information content (AvgIpc) is 3.11. The summed E-state index contributed by atoms with van der Waals surface area (Å²) in [6, 6.07) is 14.3. The zero-order valence-corrected chi connectivity index (χ0v) is 17.0. The highest BCUT2D eigenvalue weighted by atomic mass is 32.1. The molecule has 146 valence electrons. The van der Waals surface area contributed by atoms with E-state index in [1.54, 1.807) is 11.3 Å². The quantitative estimate of drug-likeness (QED) is 0.616. The summed E-state index contributed by atoms with van der Waals surface area (Å²) in [6.07, 6.45) is 4.69. The number of carbonyl (C=O) groups is 1. The van der Waals surface area contributed by atoms with Crippen LogP contribution in [0.4, 0.5) is 0 Å². The molecule has 6 heteroatoms. The first-order valence-electron chi connectivity index (χ1n) is 9.73. The number of imidazole rings is 1. The minimum absolute atomic E-state index is 0.00528. The van der Waals surface area contributed by atoms with E-state index >= 15 is 0 Å². The van der Waals surface area contributed by atoms with Crippen LogP contribution in [0.15, 0.2) is 54.9 Å². The number of thiophene rings is 1. The number of aromatic nitrogens is 2. The maximum Gasteiger partial charge on any atom is 0.224 e.